The van der Waals surface area contributed by atoms with E-state index in [2.05, 4.69) is 20.2 Å². The number of thiophene rings is 1. The van der Waals surface area contributed by atoms with Crippen molar-refractivity contribution in [3.05, 3.63) is 34.7 Å². The summed E-state index contributed by atoms with van der Waals surface area (Å²) in [4.78, 5) is 35.4. The lowest BCUT2D eigenvalue weighted by Crippen LogP contribution is -2.37. The number of methoxy groups -OCH3 is 1. The third kappa shape index (κ3) is 3.84. The molecule has 4 rings (SSSR count). The number of nitrogens with zero attached hydrogens (tertiary/aromatic N) is 3. The third-order valence-corrected chi connectivity index (χ3v) is 5.62. The minimum Gasteiger partial charge on any atom is -0.465 e. The number of hydrogen-bond donors (Lipinski definition) is 1. The predicted octanol–water partition coefficient (Wildman–Crippen LogP) is 3.32. The first-order valence-corrected chi connectivity index (χ1v) is 9.94. The van der Waals surface area contributed by atoms with E-state index in [4.69, 9.17) is 9.15 Å². The number of fused-ring (bicyclic) bond motifs is 1. The van der Waals surface area contributed by atoms with E-state index in [-0.39, 0.29) is 11.8 Å². The lowest BCUT2D eigenvalue weighted by Gasteiger charge is -2.31. The van der Waals surface area contributed by atoms with E-state index in [1.54, 1.807) is 17.6 Å². The number of hydrogen-bond acceptors (Lipinski definition) is 8. The van der Waals surface area contributed by atoms with Crippen LogP contribution in [-0.2, 0) is 9.53 Å². The molecular weight excluding hydrogens is 380 g/mol. The highest BCUT2D eigenvalue weighted by Gasteiger charge is 2.26. The Morgan fingerprint density at radius 1 is 1.43 bits per heavy atom. The molecule has 1 aliphatic heterocycles. The molecule has 28 heavy (non-hydrogen) atoms. The molecule has 8 nitrogen and oxygen atoms in total. The van der Waals surface area contributed by atoms with E-state index in [0.29, 0.717) is 40.8 Å². The molecule has 3 aromatic heterocycles. The average molecular weight is 400 g/mol. The Morgan fingerprint density at radius 2 is 2.32 bits per heavy atom. The van der Waals surface area contributed by atoms with Crippen LogP contribution in [0.25, 0.3) is 11.2 Å². The van der Waals surface area contributed by atoms with Gasteiger partial charge in [0, 0.05) is 25.7 Å². The first kappa shape index (κ1) is 18.4. The number of amides is 1. The number of anilines is 2. The van der Waals surface area contributed by atoms with Gasteiger partial charge in [-0.05, 0) is 42.3 Å². The first-order chi connectivity index (χ1) is 13.6. The molecule has 1 atom stereocenters. The van der Waals surface area contributed by atoms with Crippen molar-refractivity contribution in [1.29, 1.82) is 0 Å². The maximum atomic E-state index is 12.5. The van der Waals surface area contributed by atoms with Gasteiger partial charge in [-0.2, -0.15) is 4.98 Å². The molecule has 1 amide bonds. The van der Waals surface area contributed by atoms with E-state index in [9.17, 15) is 9.59 Å². The number of piperidine rings is 1. The van der Waals surface area contributed by atoms with Gasteiger partial charge in [0.05, 0.1) is 12.8 Å². The van der Waals surface area contributed by atoms with Gasteiger partial charge in [-0.3, -0.25) is 4.79 Å². The Balaban J connectivity index is 1.39. The molecule has 0 aliphatic carbocycles. The molecule has 1 unspecified atom stereocenters. The molecule has 4 heterocycles. The Labute approximate surface area is 165 Å². The van der Waals surface area contributed by atoms with E-state index < -0.39 is 5.97 Å². The summed E-state index contributed by atoms with van der Waals surface area (Å²) in [7, 11) is 1.33. The van der Waals surface area contributed by atoms with Gasteiger partial charge < -0.3 is 19.4 Å². The van der Waals surface area contributed by atoms with Crippen LogP contribution in [0.1, 0.15) is 28.9 Å². The Morgan fingerprint density at radius 3 is 3.14 bits per heavy atom. The molecule has 0 bridgehead atoms. The summed E-state index contributed by atoms with van der Waals surface area (Å²) in [5.41, 5.74) is 1.75. The normalized spacial score (nSPS) is 16.9. The summed E-state index contributed by atoms with van der Waals surface area (Å²) in [6, 6.07) is 5.92. The zero-order valence-corrected chi connectivity index (χ0v) is 16.2. The summed E-state index contributed by atoms with van der Waals surface area (Å²) in [6.45, 7) is 1.52. The van der Waals surface area contributed by atoms with Crippen molar-refractivity contribution in [3.63, 3.8) is 0 Å². The Bertz CT molecular complexity index is 966. The molecule has 1 saturated heterocycles. The zero-order chi connectivity index (χ0) is 19.5. The van der Waals surface area contributed by atoms with Gasteiger partial charge in [0.2, 0.25) is 11.6 Å². The fourth-order valence-corrected chi connectivity index (χ4v) is 4.19. The van der Waals surface area contributed by atoms with Gasteiger partial charge in [0.1, 0.15) is 4.88 Å². The molecule has 1 fully saturated rings. The lowest BCUT2D eigenvalue weighted by molar-refractivity contribution is -0.117. The molecule has 0 spiro atoms. The summed E-state index contributed by atoms with van der Waals surface area (Å²) < 4.78 is 10.5. The van der Waals surface area contributed by atoms with Crippen LogP contribution in [0.15, 0.2) is 34.2 Å². The lowest BCUT2D eigenvalue weighted by atomic mass is 9.94. The monoisotopic (exact) mass is 400 g/mol. The summed E-state index contributed by atoms with van der Waals surface area (Å²) in [5, 5.41) is 4.59. The van der Waals surface area contributed by atoms with Crippen molar-refractivity contribution < 1.29 is 18.7 Å². The number of nitrogens with one attached hydrogen (secondary N) is 1. The van der Waals surface area contributed by atoms with Gasteiger partial charge in [0.15, 0.2) is 5.58 Å². The average Bonchev–Trinajstić information content (AvgIpc) is 3.34. The fraction of sp³-hybridized carbons (Fsp3) is 0.368. The van der Waals surface area contributed by atoms with Crippen molar-refractivity contribution in [3.8, 4) is 0 Å². The second-order valence-electron chi connectivity index (χ2n) is 6.68. The molecule has 146 valence electrons. The highest BCUT2D eigenvalue weighted by atomic mass is 32.1. The van der Waals surface area contributed by atoms with Crippen molar-refractivity contribution in [2.24, 2.45) is 5.92 Å². The molecule has 0 radical (unpaired) electrons. The maximum absolute atomic E-state index is 12.5. The molecule has 0 saturated carbocycles. The second-order valence-corrected chi connectivity index (χ2v) is 7.60. The van der Waals surface area contributed by atoms with Crippen molar-refractivity contribution in [2.45, 2.75) is 19.3 Å². The Hall–Kier alpha value is -2.94. The van der Waals surface area contributed by atoms with E-state index in [0.717, 1.165) is 19.4 Å². The highest BCUT2D eigenvalue weighted by Crippen LogP contribution is 2.28. The molecular formula is C19H20N4O4S. The van der Waals surface area contributed by atoms with Gasteiger partial charge in [-0.15, -0.1) is 11.3 Å². The minimum absolute atomic E-state index is 0.116. The topological polar surface area (TPSA) is 97.6 Å². The smallest absolute Gasteiger partial charge is 0.350 e. The van der Waals surface area contributed by atoms with Crippen LogP contribution >= 0.6 is 11.3 Å². The number of rotatable bonds is 5. The van der Waals surface area contributed by atoms with Gasteiger partial charge in [0.25, 0.3) is 6.01 Å². The number of carbonyl (C=O) groups excluding carboxylic acids is 2. The first-order valence-electron chi connectivity index (χ1n) is 9.06. The Kier molecular flexibility index (Phi) is 5.25. The molecule has 1 N–H and O–H groups in total. The maximum Gasteiger partial charge on any atom is 0.350 e. The number of pyridine rings is 1. The number of ether oxygens (including phenoxy) is 1. The van der Waals surface area contributed by atoms with Gasteiger partial charge in [-0.25, -0.2) is 9.78 Å². The van der Waals surface area contributed by atoms with Crippen LogP contribution in [0.2, 0.25) is 0 Å². The number of esters is 1. The molecule has 1 aliphatic rings. The van der Waals surface area contributed by atoms with Crippen molar-refractivity contribution in [2.75, 3.05) is 30.4 Å². The van der Waals surface area contributed by atoms with Crippen molar-refractivity contribution >= 4 is 46.1 Å². The second kappa shape index (κ2) is 7.97. The van der Waals surface area contributed by atoms with Crippen LogP contribution in [0.5, 0.6) is 0 Å². The predicted molar refractivity (Wildman–Crippen MR) is 106 cm³/mol. The standard InChI is InChI=1S/C19H20N4O4S/c1-26-18(25)16-13(6-9-28-16)21-15(24)10-12-4-3-8-23(11-12)19-22-17-14(27-19)5-2-7-20-17/h2,5-7,9,12H,3-4,8,10-11H2,1H3,(H,21,24). The van der Waals surface area contributed by atoms with Gasteiger partial charge >= 0.3 is 5.97 Å². The largest absolute Gasteiger partial charge is 0.465 e. The van der Waals surface area contributed by atoms with Crippen LogP contribution in [0.4, 0.5) is 11.7 Å². The quantitative estimate of drug-likeness (QED) is 0.656. The van der Waals surface area contributed by atoms with Crippen LogP contribution < -0.4 is 10.2 Å². The molecule has 3 aromatic rings. The number of aromatic nitrogens is 2. The van der Waals surface area contributed by atoms with Crippen LogP contribution in [0, 0.1) is 5.92 Å². The summed E-state index contributed by atoms with van der Waals surface area (Å²) >= 11 is 1.25. The van der Waals surface area contributed by atoms with Crippen molar-refractivity contribution in [1.82, 2.24) is 9.97 Å². The molecule has 9 heteroatoms. The minimum atomic E-state index is -0.446. The SMILES string of the molecule is COC(=O)c1sccc1NC(=O)CC1CCCN(c2nc3ncccc3o2)C1. The zero-order valence-electron chi connectivity index (χ0n) is 15.4. The van der Waals surface area contributed by atoms with E-state index >= 15 is 0 Å². The number of oxazole rings is 1. The molecule has 0 aromatic carbocycles. The highest BCUT2D eigenvalue weighted by molar-refractivity contribution is 7.12. The van der Waals surface area contributed by atoms with E-state index in [1.807, 2.05) is 12.1 Å². The fourth-order valence-electron chi connectivity index (χ4n) is 3.42. The van der Waals surface area contributed by atoms with Crippen LogP contribution in [0.3, 0.4) is 0 Å². The summed E-state index contributed by atoms with van der Waals surface area (Å²) in [6.07, 6.45) is 3.96. The van der Waals surface area contributed by atoms with E-state index in [1.165, 1.54) is 18.4 Å². The summed E-state index contributed by atoms with van der Waals surface area (Å²) in [5.74, 6) is -0.384. The van der Waals surface area contributed by atoms with Crippen LogP contribution in [-0.4, -0.2) is 42.0 Å². The number of carbonyl (C=O) groups is 2. The van der Waals surface area contributed by atoms with Gasteiger partial charge in [-0.1, -0.05) is 0 Å². The third-order valence-electron chi connectivity index (χ3n) is 4.73.